The highest BCUT2D eigenvalue weighted by atomic mass is 79.9. The van der Waals surface area contributed by atoms with Crippen LogP contribution in [0.1, 0.15) is 27.9 Å². The number of benzene rings is 1. The molecule has 130 valence electrons. The fraction of sp³-hybridized carbons (Fsp3) is 0.294. The normalized spacial score (nSPS) is 20.4. The fourth-order valence-corrected chi connectivity index (χ4v) is 3.99. The third-order valence-corrected chi connectivity index (χ3v) is 5.61. The minimum atomic E-state index is -0.337. The zero-order valence-electron chi connectivity index (χ0n) is 13.3. The van der Waals surface area contributed by atoms with Gasteiger partial charge in [0, 0.05) is 29.5 Å². The highest BCUT2D eigenvalue weighted by Crippen LogP contribution is 2.32. The van der Waals surface area contributed by atoms with E-state index >= 15 is 0 Å². The number of hydrogen-bond donors (Lipinski definition) is 2. The van der Waals surface area contributed by atoms with E-state index in [1.165, 1.54) is 12.4 Å². The molecule has 8 heteroatoms. The number of carbonyl (C=O) groups is 2. The van der Waals surface area contributed by atoms with Crippen molar-refractivity contribution < 1.29 is 9.59 Å². The quantitative estimate of drug-likeness (QED) is 0.792. The van der Waals surface area contributed by atoms with Crippen molar-refractivity contribution >= 4 is 39.5 Å². The summed E-state index contributed by atoms with van der Waals surface area (Å²) in [5.41, 5.74) is 0.980. The monoisotopic (exact) mass is 420 g/mol. The summed E-state index contributed by atoms with van der Waals surface area (Å²) < 4.78 is 0.985. The molecule has 2 N–H and O–H groups in total. The van der Waals surface area contributed by atoms with Gasteiger partial charge in [0.15, 0.2) is 0 Å². The highest BCUT2D eigenvalue weighted by molar-refractivity contribution is 9.10. The lowest BCUT2D eigenvalue weighted by Gasteiger charge is -2.17. The first-order valence-electron chi connectivity index (χ1n) is 7.86. The summed E-state index contributed by atoms with van der Waals surface area (Å²) in [6.45, 7) is 0.358. The molecule has 1 aliphatic heterocycles. The Labute approximate surface area is 158 Å². The van der Waals surface area contributed by atoms with Gasteiger partial charge >= 0.3 is 0 Å². The van der Waals surface area contributed by atoms with Gasteiger partial charge in [-0.25, -0.2) is 9.97 Å². The molecule has 2 amide bonds. The van der Waals surface area contributed by atoms with Crippen LogP contribution in [0.2, 0.25) is 0 Å². The SMILES string of the molecule is O=C(NC[C@@H]1CCS[C@H](c2ccc(Br)cc2)C(=O)N1)c1ncccn1. The van der Waals surface area contributed by atoms with Gasteiger partial charge in [0.1, 0.15) is 5.25 Å². The van der Waals surface area contributed by atoms with Crippen molar-refractivity contribution in [3.8, 4) is 0 Å². The number of amides is 2. The van der Waals surface area contributed by atoms with E-state index in [2.05, 4.69) is 36.5 Å². The van der Waals surface area contributed by atoms with Crippen LogP contribution in [-0.4, -0.2) is 40.1 Å². The van der Waals surface area contributed by atoms with E-state index in [1.807, 2.05) is 24.3 Å². The molecule has 0 radical (unpaired) electrons. The third kappa shape index (κ3) is 4.79. The predicted molar refractivity (Wildman–Crippen MR) is 100 cm³/mol. The van der Waals surface area contributed by atoms with Gasteiger partial charge in [0.05, 0.1) is 0 Å². The van der Waals surface area contributed by atoms with Crippen LogP contribution in [0.25, 0.3) is 0 Å². The Morgan fingerprint density at radius 3 is 2.72 bits per heavy atom. The molecule has 1 fully saturated rings. The van der Waals surface area contributed by atoms with Crippen molar-refractivity contribution in [1.82, 2.24) is 20.6 Å². The molecule has 0 spiro atoms. The molecule has 1 aromatic carbocycles. The summed E-state index contributed by atoms with van der Waals surface area (Å²) >= 11 is 5.03. The van der Waals surface area contributed by atoms with Crippen molar-refractivity contribution in [1.29, 1.82) is 0 Å². The molecule has 0 bridgehead atoms. The maximum Gasteiger partial charge on any atom is 0.289 e. The van der Waals surface area contributed by atoms with Gasteiger partial charge < -0.3 is 10.6 Å². The highest BCUT2D eigenvalue weighted by Gasteiger charge is 2.27. The van der Waals surface area contributed by atoms with Gasteiger partial charge in [-0.05, 0) is 35.9 Å². The first kappa shape index (κ1) is 17.9. The summed E-state index contributed by atoms with van der Waals surface area (Å²) in [5, 5.41) is 5.58. The number of carbonyl (C=O) groups excluding carboxylic acids is 2. The van der Waals surface area contributed by atoms with E-state index in [1.54, 1.807) is 17.8 Å². The third-order valence-electron chi connectivity index (χ3n) is 3.79. The Bertz CT molecular complexity index is 742. The van der Waals surface area contributed by atoms with Crippen molar-refractivity contribution in [3.63, 3.8) is 0 Å². The number of rotatable bonds is 4. The number of nitrogens with zero attached hydrogens (tertiary/aromatic N) is 2. The van der Waals surface area contributed by atoms with Gasteiger partial charge in [-0.2, -0.15) is 0 Å². The maximum atomic E-state index is 12.5. The molecule has 0 unspecified atom stereocenters. The molecule has 2 atom stereocenters. The summed E-state index contributed by atoms with van der Waals surface area (Å²) in [6.07, 6.45) is 3.84. The van der Waals surface area contributed by atoms with E-state index < -0.39 is 0 Å². The summed E-state index contributed by atoms with van der Waals surface area (Å²) in [7, 11) is 0. The van der Waals surface area contributed by atoms with Gasteiger partial charge in [-0.3, -0.25) is 9.59 Å². The van der Waals surface area contributed by atoms with Crippen LogP contribution >= 0.6 is 27.7 Å². The van der Waals surface area contributed by atoms with Crippen LogP contribution in [0.15, 0.2) is 47.2 Å². The molecule has 1 aliphatic rings. The van der Waals surface area contributed by atoms with Crippen molar-refractivity contribution in [3.05, 3.63) is 58.6 Å². The minimum Gasteiger partial charge on any atom is -0.350 e. The molecule has 0 saturated carbocycles. The predicted octanol–water partition coefficient (Wildman–Crippen LogP) is 2.33. The Morgan fingerprint density at radius 1 is 1.28 bits per heavy atom. The molecule has 0 aliphatic carbocycles. The Morgan fingerprint density at radius 2 is 2.00 bits per heavy atom. The van der Waals surface area contributed by atoms with Crippen LogP contribution in [0, 0.1) is 0 Å². The van der Waals surface area contributed by atoms with Crippen LogP contribution in [0.3, 0.4) is 0 Å². The lowest BCUT2D eigenvalue weighted by Crippen LogP contribution is -2.44. The summed E-state index contributed by atoms with van der Waals surface area (Å²) in [6, 6.07) is 9.33. The van der Waals surface area contributed by atoms with E-state index in [-0.39, 0.29) is 28.9 Å². The summed E-state index contributed by atoms with van der Waals surface area (Å²) in [4.78, 5) is 32.4. The molecule has 1 aromatic heterocycles. The molecule has 25 heavy (non-hydrogen) atoms. The van der Waals surface area contributed by atoms with Crippen LogP contribution in [0.4, 0.5) is 0 Å². The first-order valence-corrected chi connectivity index (χ1v) is 9.70. The lowest BCUT2D eigenvalue weighted by molar-refractivity contribution is -0.121. The average molecular weight is 421 g/mol. The second-order valence-corrected chi connectivity index (χ2v) is 7.71. The largest absolute Gasteiger partial charge is 0.350 e. The second kappa shape index (κ2) is 8.44. The molecule has 2 aromatic rings. The fourth-order valence-electron chi connectivity index (χ4n) is 2.50. The number of thioether (sulfide) groups is 1. The van der Waals surface area contributed by atoms with E-state index in [9.17, 15) is 9.59 Å². The van der Waals surface area contributed by atoms with E-state index in [4.69, 9.17) is 0 Å². The molecule has 1 saturated heterocycles. The van der Waals surface area contributed by atoms with Crippen molar-refractivity contribution in [2.45, 2.75) is 17.7 Å². The molecule has 3 rings (SSSR count). The Kier molecular flexibility index (Phi) is 6.04. The minimum absolute atomic E-state index is 0.0277. The zero-order chi connectivity index (χ0) is 17.6. The summed E-state index contributed by atoms with van der Waals surface area (Å²) in [5.74, 6) is 0.600. The number of hydrogen-bond acceptors (Lipinski definition) is 5. The van der Waals surface area contributed by atoms with Crippen LogP contribution in [-0.2, 0) is 4.79 Å². The lowest BCUT2D eigenvalue weighted by atomic mass is 10.1. The standard InChI is InChI=1S/C17H17BrN4O2S/c18-12-4-2-11(3-5-12)14-16(23)22-13(6-9-25-14)10-21-17(24)15-19-7-1-8-20-15/h1-5,7-8,13-14H,6,9-10H2,(H,21,24)(H,22,23)/t13-,14+/m0/s1. The average Bonchev–Trinajstić information content (AvgIpc) is 2.82. The number of halogens is 1. The van der Waals surface area contributed by atoms with Gasteiger partial charge in [0.2, 0.25) is 11.7 Å². The van der Waals surface area contributed by atoms with E-state index in [0.29, 0.717) is 6.54 Å². The van der Waals surface area contributed by atoms with Crippen LogP contribution in [0.5, 0.6) is 0 Å². The number of nitrogens with one attached hydrogen (secondary N) is 2. The topological polar surface area (TPSA) is 84.0 Å². The zero-order valence-corrected chi connectivity index (χ0v) is 15.7. The molecular formula is C17H17BrN4O2S. The van der Waals surface area contributed by atoms with Crippen molar-refractivity contribution in [2.24, 2.45) is 0 Å². The number of aromatic nitrogens is 2. The molecular weight excluding hydrogens is 404 g/mol. The van der Waals surface area contributed by atoms with E-state index in [0.717, 1.165) is 22.2 Å². The first-order chi connectivity index (χ1) is 12.1. The Hall–Kier alpha value is -1.93. The smallest absolute Gasteiger partial charge is 0.289 e. The Balaban J connectivity index is 1.58. The van der Waals surface area contributed by atoms with Crippen molar-refractivity contribution in [2.75, 3.05) is 12.3 Å². The second-order valence-electron chi connectivity index (χ2n) is 5.58. The van der Waals surface area contributed by atoms with Gasteiger partial charge in [-0.15, -0.1) is 11.8 Å². The molecule has 2 heterocycles. The maximum absolute atomic E-state index is 12.5. The van der Waals surface area contributed by atoms with Crippen LogP contribution < -0.4 is 10.6 Å². The molecule has 6 nitrogen and oxygen atoms in total. The van der Waals surface area contributed by atoms with Gasteiger partial charge in [0.25, 0.3) is 5.91 Å². The van der Waals surface area contributed by atoms with Gasteiger partial charge in [-0.1, -0.05) is 28.1 Å².